The average Bonchev–Trinajstić information content (AvgIpc) is 3.30. The molecule has 2 aromatic rings. The van der Waals surface area contributed by atoms with Gasteiger partial charge in [-0.2, -0.15) is 0 Å². The van der Waals surface area contributed by atoms with Crippen LogP contribution in [0.25, 0.3) is 11.3 Å². The molecule has 1 saturated heterocycles. The largest absolute Gasteiger partial charge is 0.453 e. The Morgan fingerprint density at radius 1 is 1.32 bits per heavy atom. The number of imide groups is 1. The van der Waals surface area contributed by atoms with Gasteiger partial charge < -0.3 is 14.5 Å². The number of rotatable bonds is 6. The van der Waals surface area contributed by atoms with Crippen LogP contribution in [-0.4, -0.2) is 47.0 Å². The van der Waals surface area contributed by atoms with Crippen molar-refractivity contribution >= 4 is 17.9 Å². The lowest BCUT2D eigenvalue weighted by atomic mass is 10.1. The molecule has 1 unspecified atom stereocenters. The Morgan fingerprint density at radius 2 is 2.11 bits per heavy atom. The topological polar surface area (TPSA) is 102 Å². The van der Waals surface area contributed by atoms with Crippen LogP contribution in [0.5, 0.6) is 0 Å². The summed E-state index contributed by atoms with van der Waals surface area (Å²) in [5.74, 6) is -0.0268. The number of amides is 3. The molecule has 0 spiro atoms. The van der Waals surface area contributed by atoms with Crippen LogP contribution in [0.4, 0.5) is 4.79 Å². The third kappa shape index (κ3) is 4.39. The summed E-state index contributed by atoms with van der Waals surface area (Å²) in [4.78, 5) is 40.9. The van der Waals surface area contributed by atoms with Crippen molar-refractivity contribution in [3.05, 3.63) is 41.4 Å². The maximum absolute atomic E-state index is 12.1. The number of nitrogens with one attached hydrogen (secondary N) is 1. The van der Waals surface area contributed by atoms with E-state index in [1.807, 2.05) is 32.0 Å². The van der Waals surface area contributed by atoms with Crippen molar-refractivity contribution in [1.82, 2.24) is 15.2 Å². The summed E-state index contributed by atoms with van der Waals surface area (Å²) in [6, 6.07) is 5.54. The zero-order valence-electron chi connectivity index (χ0n) is 16.2. The number of carbonyl (C=O) groups excluding carboxylic acids is 3. The highest BCUT2D eigenvalue weighted by Crippen LogP contribution is 2.23. The summed E-state index contributed by atoms with van der Waals surface area (Å²) in [5, 5.41) is 2.53. The standard InChI is InChI=1S/C20H23N3O5/c1-12-4-5-15(10-13(12)2)16-11-22-17(28-16)6-7-18(24)27-14(3)19(25)23-9-8-21-20(23)26/h4-5,10-11,14H,6-9H2,1-3H3,(H,21,26). The lowest BCUT2D eigenvalue weighted by Crippen LogP contribution is -2.41. The molecule has 1 N–H and O–H groups in total. The third-order valence-electron chi connectivity index (χ3n) is 4.67. The molecule has 1 aliphatic rings. The van der Waals surface area contributed by atoms with Gasteiger partial charge in [0.1, 0.15) is 0 Å². The first-order chi connectivity index (χ1) is 13.3. The minimum atomic E-state index is -1.02. The van der Waals surface area contributed by atoms with E-state index in [1.165, 1.54) is 12.5 Å². The van der Waals surface area contributed by atoms with E-state index in [2.05, 4.69) is 10.3 Å². The van der Waals surface area contributed by atoms with E-state index in [-0.39, 0.29) is 19.4 Å². The van der Waals surface area contributed by atoms with Crippen molar-refractivity contribution in [2.24, 2.45) is 0 Å². The normalized spacial score (nSPS) is 14.7. The van der Waals surface area contributed by atoms with E-state index in [4.69, 9.17) is 9.15 Å². The summed E-state index contributed by atoms with van der Waals surface area (Å²) in [5.41, 5.74) is 3.28. The number of oxazole rings is 1. The number of ether oxygens (including phenoxy) is 1. The van der Waals surface area contributed by atoms with Gasteiger partial charge >= 0.3 is 12.0 Å². The molecule has 1 aromatic carbocycles. The third-order valence-corrected chi connectivity index (χ3v) is 4.67. The van der Waals surface area contributed by atoms with E-state index in [0.29, 0.717) is 18.2 Å². The second kappa shape index (κ2) is 8.24. The van der Waals surface area contributed by atoms with Gasteiger partial charge in [0.05, 0.1) is 12.6 Å². The number of hydrogen-bond donors (Lipinski definition) is 1. The van der Waals surface area contributed by atoms with Crippen molar-refractivity contribution in [2.75, 3.05) is 13.1 Å². The highest BCUT2D eigenvalue weighted by Gasteiger charge is 2.31. The molecule has 0 aliphatic carbocycles. The molecule has 0 bridgehead atoms. The van der Waals surface area contributed by atoms with Crippen molar-refractivity contribution in [3.63, 3.8) is 0 Å². The Hall–Kier alpha value is -3.16. The summed E-state index contributed by atoms with van der Waals surface area (Å²) in [7, 11) is 0. The Bertz CT molecular complexity index is 905. The Labute approximate surface area is 162 Å². The quantitative estimate of drug-likeness (QED) is 0.766. The molecule has 1 aliphatic heterocycles. The van der Waals surface area contributed by atoms with Gasteiger partial charge in [-0.3, -0.25) is 14.5 Å². The summed E-state index contributed by atoms with van der Waals surface area (Å²) >= 11 is 0. The average molecular weight is 385 g/mol. The van der Waals surface area contributed by atoms with Crippen molar-refractivity contribution in [2.45, 2.75) is 39.7 Å². The second-order valence-corrected chi connectivity index (χ2v) is 6.77. The summed E-state index contributed by atoms with van der Waals surface area (Å²) < 4.78 is 10.9. The van der Waals surface area contributed by atoms with Crippen LogP contribution < -0.4 is 5.32 Å². The van der Waals surface area contributed by atoms with Gasteiger partial charge in [0.2, 0.25) is 0 Å². The first-order valence-electron chi connectivity index (χ1n) is 9.16. The van der Waals surface area contributed by atoms with Crippen LogP contribution in [-0.2, 0) is 20.7 Å². The van der Waals surface area contributed by atoms with E-state index in [0.717, 1.165) is 16.0 Å². The molecule has 8 nitrogen and oxygen atoms in total. The molecule has 3 amide bonds. The van der Waals surface area contributed by atoms with Gasteiger partial charge in [0, 0.05) is 25.1 Å². The minimum absolute atomic E-state index is 0.0245. The molecule has 0 saturated carbocycles. The van der Waals surface area contributed by atoms with E-state index >= 15 is 0 Å². The van der Waals surface area contributed by atoms with Crippen LogP contribution in [0.15, 0.2) is 28.8 Å². The predicted octanol–water partition coefficient (Wildman–Crippen LogP) is 2.37. The minimum Gasteiger partial charge on any atom is -0.453 e. The molecule has 2 heterocycles. The van der Waals surface area contributed by atoms with Gasteiger partial charge in [0.15, 0.2) is 17.8 Å². The first-order valence-corrected chi connectivity index (χ1v) is 9.16. The van der Waals surface area contributed by atoms with Crippen molar-refractivity contribution in [1.29, 1.82) is 0 Å². The maximum Gasteiger partial charge on any atom is 0.324 e. The monoisotopic (exact) mass is 385 g/mol. The fourth-order valence-electron chi connectivity index (χ4n) is 2.87. The van der Waals surface area contributed by atoms with Gasteiger partial charge in [-0.25, -0.2) is 9.78 Å². The lowest BCUT2D eigenvalue weighted by molar-refractivity contribution is -0.157. The van der Waals surface area contributed by atoms with Crippen LogP contribution in [0.3, 0.4) is 0 Å². The SMILES string of the molecule is Cc1ccc(-c2cnc(CCC(=O)OC(C)C(=O)N3CCNC3=O)o2)cc1C. The van der Waals surface area contributed by atoms with Gasteiger partial charge in [-0.05, 0) is 38.0 Å². The van der Waals surface area contributed by atoms with Gasteiger partial charge in [-0.1, -0.05) is 12.1 Å². The van der Waals surface area contributed by atoms with Crippen molar-refractivity contribution < 1.29 is 23.5 Å². The van der Waals surface area contributed by atoms with Gasteiger partial charge in [-0.15, -0.1) is 0 Å². The second-order valence-electron chi connectivity index (χ2n) is 6.77. The molecular formula is C20H23N3O5. The van der Waals surface area contributed by atoms with E-state index < -0.39 is 24.0 Å². The summed E-state index contributed by atoms with van der Waals surface area (Å²) in [6.07, 6.45) is 0.890. The number of nitrogens with zero attached hydrogens (tertiary/aromatic N) is 2. The van der Waals surface area contributed by atoms with Crippen LogP contribution in [0.2, 0.25) is 0 Å². The highest BCUT2D eigenvalue weighted by atomic mass is 16.5. The Morgan fingerprint density at radius 3 is 2.79 bits per heavy atom. The zero-order valence-corrected chi connectivity index (χ0v) is 16.2. The highest BCUT2D eigenvalue weighted by molar-refractivity contribution is 5.98. The van der Waals surface area contributed by atoms with Gasteiger partial charge in [0.25, 0.3) is 5.91 Å². The number of esters is 1. The lowest BCUT2D eigenvalue weighted by Gasteiger charge is -2.17. The molecule has 0 radical (unpaired) electrons. The maximum atomic E-state index is 12.1. The molecule has 1 atom stereocenters. The predicted molar refractivity (Wildman–Crippen MR) is 100 cm³/mol. The Balaban J connectivity index is 1.52. The molecule has 28 heavy (non-hydrogen) atoms. The molecule has 1 aromatic heterocycles. The Kier molecular flexibility index (Phi) is 5.77. The van der Waals surface area contributed by atoms with Crippen LogP contribution in [0.1, 0.15) is 30.4 Å². The number of hydrogen-bond acceptors (Lipinski definition) is 6. The number of aryl methyl sites for hydroxylation is 3. The molecular weight excluding hydrogens is 362 g/mol. The van der Waals surface area contributed by atoms with Crippen molar-refractivity contribution in [3.8, 4) is 11.3 Å². The van der Waals surface area contributed by atoms with Crippen LogP contribution >= 0.6 is 0 Å². The number of aromatic nitrogens is 1. The number of carbonyl (C=O) groups is 3. The zero-order chi connectivity index (χ0) is 20.3. The molecule has 148 valence electrons. The fraction of sp³-hybridized carbons (Fsp3) is 0.400. The molecule has 1 fully saturated rings. The summed E-state index contributed by atoms with van der Waals surface area (Å²) in [6.45, 7) is 6.20. The number of benzene rings is 1. The van der Waals surface area contributed by atoms with E-state index in [1.54, 1.807) is 6.20 Å². The molecule has 3 rings (SSSR count). The molecule has 8 heteroatoms. The fourth-order valence-corrected chi connectivity index (χ4v) is 2.87. The van der Waals surface area contributed by atoms with Crippen LogP contribution in [0, 0.1) is 13.8 Å². The number of urea groups is 1. The first kappa shape index (κ1) is 19.6. The smallest absolute Gasteiger partial charge is 0.324 e. The van der Waals surface area contributed by atoms with E-state index in [9.17, 15) is 14.4 Å².